The van der Waals surface area contributed by atoms with E-state index in [0.717, 1.165) is 11.4 Å². The third kappa shape index (κ3) is 3.76. The first kappa shape index (κ1) is 20.3. The fraction of sp³-hybridized carbons (Fsp3) is 0.227. The number of imidazole rings is 1. The average molecular weight is 435 g/mol. The SMILES string of the molecule is OC[C@H]1O[C@@H](n2cnc3c(Nc4ccc(Oc5ccccc5)cc4)ncnc32)[C@H](O)[C@@H]1O. The van der Waals surface area contributed by atoms with Crippen molar-refractivity contribution in [1.82, 2.24) is 19.5 Å². The van der Waals surface area contributed by atoms with Crippen LogP contribution in [0, 0.1) is 0 Å². The molecule has 4 aromatic rings. The van der Waals surface area contributed by atoms with E-state index >= 15 is 0 Å². The first-order valence-corrected chi connectivity index (χ1v) is 10.0. The number of nitrogens with zero attached hydrogens (tertiary/aromatic N) is 4. The molecule has 0 unspecified atom stereocenters. The molecule has 1 aliphatic heterocycles. The summed E-state index contributed by atoms with van der Waals surface area (Å²) in [6.07, 6.45) is -1.42. The molecule has 4 N–H and O–H groups in total. The van der Waals surface area contributed by atoms with Crippen LogP contribution in [0.25, 0.3) is 11.2 Å². The Kier molecular flexibility index (Phi) is 5.41. The summed E-state index contributed by atoms with van der Waals surface area (Å²) >= 11 is 0. The van der Waals surface area contributed by atoms with Crippen LogP contribution in [-0.2, 0) is 4.74 Å². The summed E-state index contributed by atoms with van der Waals surface area (Å²) in [4.78, 5) is 12.9. The number of hydrogen-bond acceptors (Lipinski definition) is 9. The fourth-order valence-electron chi connectivity index (χ4n) is 3.61. The zero-order valence-corrected chi connectivity index (χ0v) is 16.8. The maximum absolute atomic E-state index is 10.3. The van der Waals surface area contributed by atoms with Crippen LogP contribution < -0.4 is 10.1 Å². The molecule has 2 aromatic carbocycles. The number of para-hydroxylation sites is 1. The summed E-state index contributed by atoms with van der Waals surface area (Å²) in [5.74, 6) is 1.92. The van der Waals surface area contributed by atoms with E-state index in [1.807, 2.05) is 54.6 Å². The van der Waals surface area contributed by atoms with Crippen LogP contribution in [0.2, 0.25) is 0 Å². The maximum Gasteiger partial charge on any atom is 0.167 e. The van der Waals surface area contributed by atoms with Gasteiger partial charge in [0.25, 0.3) is 0 Å². The molecule has 0 amide bonds. The fourth-order valence-corrected chi connectivity index (χ4v) is 3.61. The second-order valence-corrected chi connectivity index (χ2v) is 7.34. The molecule has 5 rings (SSSR count). The zero-order valence-electron chi connectivity index (χ0n) is 16.8. The molecule has 3 heterocycles. The number of hydrogen-bond donors (Lipinski definition) is 4. The topological polar surface area (TPSA) is 135 Å². The molecular weight excluding hydrogens is 414 g/mol. The highest BCUT2D eigenvalue weighted by Crippen LogP contribution is 2.32. The number of rotatable bonds is 6. The van der Waals surface area contributed by atoms with Gasteiger partial charge in [0.1, 0.15) is 36.1 Å². The number of aliphatic hydroxyl groups is 3. The molecule has 1 fully saturated rings. The number of benzene rings is 2. The van der Waals surface area contributed by atoms with Crippen LogP contribution in [0.3, 0.4) is 0 Å². The van der Waals surface area contributed by atoms with E-state index in [-0.39, 0.29) is 0 Å². The number of aromatic nitrogens is 4. The standard InChI is InChI=1S/C22H21N5O5/c28-10-16-18(29)19(30)22(32-16)27-12-25-17-20(23-11-24-21(17)27)26-13-6-8-15(9-7-13)31-14-4-2-1-3-5-14/h1-9,11-12,16,18-19,22,28-30H,10H2,(H,23,24,26)/t16-,18-,19-,22-/m1/s1. The van der Waals surface area contributed by atoms with E-state index in [0.29, 0.717) is 22.7 Å². The summed E-state index contributed by atoms with van der Waals surface area (Å²) < 4.78 is 12.9. The number of anilines is 2. The average Bonchev–Trinajstić information content (AvgIpc) is 3.37. The van der Waals surface area contributed by atoms with Gasteiger partial charge in [0.15, 0.2) is 23.2 Å². The molecule has 10 nitrogen and oxygen atoms in total. The minimum absolute atomic E-state index is 0.410. The Morgan fingerprint density at radius 2 is 1.69 bits per heavy atom. The lowest BCUT2D eigenvalue weighted by Crippen LogP contribution is -2.33. The first-order valence-electron chi connectivity index (χ1n) is 10.0. The van der Waals surface area contributed by atoms with Gasteiger partial charge in [-0.2, -0.15) is 0 Å². The van der Waals surface area contributed by atoms with Gasteiger partial charge in [-0.25, -0.2) is 15.0 Å². The summed E-state index contributed by atoms with van der Waals surface area (Å²) in [5.41, 5.74) is 1.66. The van der Waals surface area contributed by atoms with Crippen molar-refractivity contribution in [3.63, 3.8) is 0 Å². The van der Waals surface area contributed by atoms with Gasteiger partial charge in [0, 0.05) is 5.69 Å². The molecule has 0 saturated carbocycles. The normalized spacial score (nSPS) is 22.8. The van der Waals surface area contributed by atoms with E-state index in [9.17, 15) is 15.3 Å². The van der Waals surface area contributed by atoms with Crippen molar-refractivity contribution in [2.75, 3.05) is 11.9 Å². The zero-order chi connectivity index (χ0) is 22.1. The third-order valence-corrected chi connectivity index (χ3v) is 5.25. The monoisotopic (exact) mass is 435 g/mol. The lowest BCUT2D eigenvalue weighted by Gasteiger charge is -2.16. The van der Waals surface area contributed by atoms with E-state index in [2.05, 4.69) is 20.3 Å². The van der Waals surface area contributed by atoms with Crippen LogP contribution in [-0.4, -0.2) is 59.8 Å². The van der Waals surface area contributed by atoms with Crippen LogP contribution in [0.5, 0.6) is 11.5 Å². The highest BCUT2D eigenvalue weighted by molar-refractivity contribution is 5.85. The van der Waals surface area contributed by atoms with Gasteiger partial charge in [0.2, 0.25) is 0 Å². The van der Waals surface area contributed by atoms with E-state index < -0.39 is 31.1 Å². The smallest absolute Gasteiger partial charge is 0.167 e. The maximum atomic E-state index is 10.3. The Labute approximate surface area is 182 Å². The van der Waals surface area contributed by atoms with Crippen molar-refractivity contribution in [3.05, 3.63) is 67.3 Å². The minimum atomic E-state index is -1.23. The highest BCUT2D eigenvalue weighted by atomic mass is 16.6. The largest absolute Gasteiger partial charge is 0.457 e. The quantitative estimate of drug-likeness (QED) is 0.358. The molecule has 10 heteroatoms. The van der Waals surface area contributed by atoms with Crippen molar-refractivity contribution in [2.45, 2.75) is 24.5 Å². The van der Waals surface area contributed by atoms with E-state index in [1.165, 1.54) is 17.2 Å². The molecule has 2 aromatic heterocycles. The molecule has 0 radical (unpaired) electrons. The Morgan fingerprint density at radius 1 is 0.938 bits per heavy atom. The molecular formula is C22H21N5O5. The van der Waals surface area contributed by atoms with Crippen LogP contribution in [0.15, 0.2) is 67.3 Å². The molecule has 0 aliphatic carbocycles. The van der Waals surface area contributed by atoms with Gasteiger partial charge in [-0.05, 0) is 36.4 Å². The lowest BCUT2D eigenvalue weighted by atomic mass is 10.1. The van der Waals surface area contributed by atoms with Gasteiger partial charge >= 0.3 is 0 Å². The highest BCUT2D eigenvalue weighted by Gasteiger charge is 2.44. The van der Waals surface area contributed by atoms with Crippen molar-refractivity contribution in [3.8, 4) is 11.5 Å². The second kappa shape index (κ2) is 8.52. The van der Waals surface area contributed by atoms with Crippen molar-refractivity contribution in [1.29, 1.82) is 0 Å². The summed E-state index contributed by atoms with van der Waals surface area (Å²) in [7, 11) is 0. The lowest BCUT2D eigenvalue weighted by molar-refractivity contribution is -0.0511. The van der Waals surface area contributed by atoms with Crippen molar-refractivity contribution < 1.29 is 24.8 Å². The van der Waals surface area contributed by atoms with E-state index in [1.54, 1.807) is 0 Å². The van der Waals surface area contributed by atoms with Crippen molar-refractivity contribution in [2.24, 2.45) is 0 Å². The number of fused-ring (bicyclic) bond motifs is 1. The van der Waals surface area contributed by atoms with Crippen LogP contribution in [0.4, 0.5) is 11.5 Å². The molecule has 4 atom stereocenters. The van der Waals surface area contributed by atoms with Crippen molar-refractivity contribution >= 4 is 22.7 Å². The second-order valence-electron chi connectivity index (χ2n) is 7.34. The molecule has 0 spiro atoms. The predicted octanol–water partition coefficient (Wildman–Crippen LogP) is 1.97. The van der Waals surface area contributed by atoms with Gasteiger partial charge in [0.05, 0.1) is 12.9 Å². The van der Waals surface area contributed by atoms with E-state index in [4.69, 9.17) is 9.47 Å². The first-order chi connectivity index (χ1) is 15.6. The van der Waals surface area contributed by atoms with Crippen LogP contribution >= 0.6 is 0 Å². The molecule has 32 heavy (non-hydrogen) atoms. The van der Waals surface area contributed by atoms with Crippen LogP contribution in [0.1, 0.15) is 6.23 Å². The summed E-state index contributed by atoms with van der Waals surface area (Å²) in [6.45, 7) is -0.410. The Hall–Kier alpha value is -3.57. The molecule has 1 saturated heterocycles. The molecule has 1 aliphatic rings. The predicted molar refractivity (Wildman–Crippen MR) is 115 cm³/mol. The Morgan fingerprint density at radius 3 is 2.41 bits per heavy atom. The minimum Gasteiger partial charge on any atom is -0.457 e. The van der Waals surface area contributed by atoms with Gasteiger partial charge in [-0.15, -0.1) is 0 Å². The molecule has 0 bridgehead atoms. The Bertz CT molecular complexity index is 1200. The summed E-state index contributed by atoms with van der Waals surface area (Å²) in [6, 6.07) is 16.9. The molecule has 164 valence electrons. The van der Waals surface area contributed by atoms with Gasteiger partial charge in [-0.3, -0.25) is 4.57 Å². The number of aliphatic hydroxyl groups excluding tert-OH is 3. The number of nitrogens with one attached hydrogen (secondary N) is 1. The Balaban J connectivity index is 1.36. The summed E-state index contributed by atoms with van der Waals surface area (Å²) in [5, 5.41) is 32.9. The van der Waals surface area contributed by atoms with Gasteiger partial charge < -0.3 is 30.1 Å². The third-order valence-electron chi connectivity index (χ3n) is 5.25. The number of ether oxygens (including phenoxy) is 2. The van der Waals surface area contributed by atoms with Gasteiger partial charge in [-0.1, -0.05) is 18.2 Å².